The molecule has 2 rings (SSSR count). The number of ketones is 2. The van der Waals surface area contributed by atoms with Crippen LogP contribution in [0.1, 0.15) is 83.4 Å². The summed E-state index contributed by atoms with van der Waals surface area (Å²) in [7, 11) is 0. The van der Waals surface area contributed by atoms with Gasteiger partial charge in [-0.1, -0.05) is 59.7 Å². The molecule has 1 aromatic carbocycles. The number of hydrogen-bond donors (Lipinski definition) is 0. The van der Waals surface area contributed by atoms with Crippen LogP contribution >= 0.6 is 0 Å². The maximum Gasteiger partial charge on any atom is 0.140 e. The minimum Gasteiger partial charge on any atom is -0.299 e. The molecular formula is C20H28O2. The van der Waals surface area contributed by atoms with Gasteiger partial charge in [0, 0.05) is 12.8 Å². The monoisotopic (exact) mass is 300 g/mol. The first-order valence-electron chi connectivity index (χ1n) is 8.16. The highest BCUT2D eigenvalue weighted by molar-refractivity contribution is 6.02. The normalized spacial score (nSPS) is 17.9. The maximum atomic E-state index is 11.8. The first-order chi connectivity index (χ1) is 9.96. The third kappa shape index (κ3) is 3.85. The zero-order valence-electron chi connectivity index (χ0n) is 14.7. The summed E-state index contributed by atoms with van der Waals surface area (Å²) in [6.07, 6.45) is 1.13. The summed E-state index contributed by atoms with van der Waals surface area (Å²) in [6, 6.07) is 6.67. The Balaban J connectivity index is 2.50. The maximum absolute atomic E-state index is 11.8. The largest absolute Gasteiger partial charge is 0.299 e. The van der Waals surface area contributed by atoms with Gasteiger partial charge in [-0.2, -0.15) is 0 Å². The topological polar surface area (TPSA) is 34.1 Å². The summed E-state index contributed by atoms with van der Waals surface area (Å²) in [5.41, 5.74) is 3.82. The van der Waals surface area contributed by atoms with Crippen molar-refractivity contribution in [2.45, 2.75) is 77.6 Å². The lowest BCUT2D eigenvalue weighted by Crippen LogP contribution is -2.23. The fourth-order valence-corrected chi connectivity index (χ4v) is 2.98. The number of rotatable bonds is 1. The summed E-state index contributed by atoms with van der Waals surface area (Å²) < 4.78 is 0. The minimum absolute atomic E-state index is 0.0529. The summed E-state index contributed by atoms with van der Waals surface area (Å²) in [5.74, 6) is 0.219. The lowest BCUT2D eigenvalue weighted by atomic mass is 9.75. The van der Waals surface area contributed by atoms with E-state index in [1.54, 1.807) is 0 Å². The van der Waals surface area contributed by atoms with Gasteiger partial charge < -0.3 is 0 Å². The van der Waals surface area contributed by atoms with Gasteiger partial charge in [0.2, 0.25) is 0 Å². The van der Waals surface area contributed by atoms with Gasteiger partial charge in [0.25, 0.3) is 0 Å². The number of carbonyl (C=O) groups excluding carboxylic acids is 2. The SMILES string of the molecule is CC(C)(C)c1cc(C2CC(=O)CC(=O)C2)cc(C(C)(C)C)c1. The fourth-order valence-electron chi connectivity index (χ4n) is 2.98. The number of benzene rings is 1. The molecule has 1 fully saturated rings. The second kappa shape index (κ2) is 5.64. The summed E-state index contributed by atoms with van der Waals surface area (Å²) >= 11 is 0. The molecular weight excluding hydrogens is 272 g/mol. The van der Waals surface area contributed by atoms with Crippen molar-refractivity contribution in [2.24, 2.45) is 0 Å². The zero-order chi connectivity index (χ0) is 16.7. The average Bonchev–Trinajstić information content (AvgIpc) is 2.35. The van der Waals surface area contributed by atoms with Gasteiger partial charge in [0.1, 0.15) is 11.6 Å². The lowest BCUT2D eigenvalue weighted by molar-refractivity contribution is -0.130. The molecule has 0 aromatic heterocycles. The van der Waals surface area contributed by atoms with E-state index in [0.717, 1.165) is 5.56 Å². The zero-order valence-corrected chi connectivity index (χ0v) is 14.7. The molecule has 0 saturated heterocycles. The van der Waals surface area contributed by atoms with Crippen LogP contribution in [-0.4, -0.2) is 11.6 Å². The van der Waals surface area contributed by atoms with Gasteiger partial charge in [0.15, 0.2) is 0 Å². The van der Waals surface area contributed by atoms with Gasteiger partial charge in [0.05, 0.1) is 6.42 Å². The Bertz CT molecular complexity index is 549. The molecule has 2 nitrogen and oxygen atoms in total. The van der Waals surface area contributed by atoms with Crippen molar-refractivity contribution in [2.75, 3.05) is 0 Å². The minimum atomic E-state index is 0.0529. The third-order valence-corrected chi connectivity index (χ3v) is 4.50. The molecule has 0 bridgehead atoms. The number of hydrogen-bond acceptors (Lipinski definition) is 2. The van der Waals surface area contributed by atoms with E-state index in [2.05, 4.69) is 59.7 Å². The molecule has 0 amide bonds. The van der Waals surface area contributed by atoms with E-state index in [9.17, 15) is 9.59 Å². The molecule has 0 heterocycles. The van der Waals surface area contributed by atoms with Crippen LogP contribution in [0.15, 0.2) is 18.2 Å². The summed E-state index contributed by atoms with van der Waals surface area (Å²) in [4.78, 5) is 23.6. The van der Waals surface area contributed by atoms with E-state index in [1.807, 2.05) is 0 Å². The van der Waals surface area contributed by atoms with Crippen LogP contribution in [0.5, 0.6) is 0 Å². The number of Topliss-reactive ketones (excluding diaryl/α,β-unsaturated/α-hetero) is 2. The standard InChI is InChI=1S/C20H28O2/c1-19(2,3)15-7-13(8-16(11-15)20(4,5)6)14-9-17(21)12-18(22)10-14/h7-8,11,14H,9-10,12H2,1-6H3. The molecule has 0 spiro atoms. The van der Waals surface area contributed by atoms with Crippen molar-refractivity contribution in [1.29, 1.82) is 0 Å². The van der Waals surface area contributed by atoms with Crippen LogP contribution < -0.4 is 0 Å². The van der Waals surface area contributed by atoms with Crippen molar-refractivity contribution >= 4 is 11.6 Å². The predicted octanol–water partition coefficient (Wildman–Crippen LogP) is 4.69. The molecule has 0 N–H and O–H groups in total. The van der Waals surface area contributed by atoms with Crippen LogP contribution in [0.25, 0.3) is 0 Å². The fraction of sp³-hybridized carbons (Fsp3) is 0.600. The van der Waals surface area contributed by atoms with E-state index in [-0.39, 0.29) is 34.7 Å². The molecule has 0 unspecified atom stereocenters. The molecule has 0 aliphatic heterocycles. The Hall–Kier alpha value is -1.44. The Morgan fingerprint density at radius 2 is 1.18 bits per heavy atom. The van der Waals surface area contributed by atoms with Crippen molar-refractivity contribution in [3.63, 3.8) is 0 Å². The Labute approximate surface area is 134 Å². The van der Waals surface area contributed by atoms with Gasteiger partial charge >= 0.3 is 0 Å². The van der Waals surface area contributed by atoms with Crippen molar-refractivity contribution < 1.29 is 9.59 Å². The van der Waals surface area contributed by atoms with Crippen LogP contribution in [0, 0.1) is 0 Å². The first-order valence-corrected chi connectivity index (χ1v) is 8.16. The van der Waals surface area contributed by atoms with Crippen LogP contribution in [0.2, 0.25) is 0 Å². The predicted molar refractivity (Wildman–Crippen MR) is 90.4 cm³/mol. The second-order valence-electron chi connectivity index (χ2n) is 8.70. The van der Waals surface area contributed by atoms with E-state index in [1.165, 1.54) is 11.1 Å². The molecule has 1 aromatic rings. The van der Waals surface area contributed by atoms with Gasteiger partial charge in [-0.15, -0.1) is 0 Å². The molecule has 22 heavy (non-hydrogen) atoms. The average molecular weight is 300 g/mol. The molecule has 0 atom stereocenters. The highest BCUT2D eigenvalue weighted by Crippen LogP contribution is 2.36. The van der Waals surface area contributed by atoms with Crippen molar-refractivity contribution in [3.8, 4) is 0 Å². The quantitative estimate of drug-likeness (QED) is 0.705. The van der Waals surface area contributed by atoms with Crippen molar-refractivity contribution in [1.82, 2.24) is 0 Å². The Kier molecular flexibility index (Phi) is 4.34. The van der Waals surface area contributed by atoms with E-state index in [4.69, 9.17) is 0 Å². The van der Waals surface area contributed by atoms with E-state index in [0.29, 0.717) is 12.8 Å². The molecule has 0 radical (unpaired) electrons. The molecule has 1 saturated carbocycles. The molecule has 120 valence electrons. The molecule has 1 aliphatic rings. The smallest absolute Gasteiger partial charge is 0.140 e. The summed E-state index contributed by atoms with van der Waals surface area (Å²) in [5, 5.41) is 0. The van der Waals surface area contributed by atoms with E-state index < -0.39 is 0 Å². The van der Waals surface area contributed by atoms with Crippen LogP contribution in [0.3, 0.4) is 0 Å². The lowest BCUT2D eigenvalue weighted by Gasteiger charge is -2.29. The highest BCUT2D eigenvalue weighted by Gasteiger charge is 2.29. The second-order valence-corrected chi connectivity index (χ2v) is 8.70. The van der Waals surface area contributed by atoms with Crippen LogP contribution in [0.4, 0.5) is 0 Å². The van der Waals surface area contributed by atoms with Crippen molar-refractivity contribution in [3.05, 3.63) is 34.9 Å². The molecule has 1 aliphatic carbocycles. The van der Waals surface area contributed by atoms with Gasteiger partial charge in [-0.05, 0) is 33.4 Å². The Morgan fingerprint density at radius 3 is 1.55 bits per heavy atom. The number of carbonyl (C=O) groups is 2. The van der Waals surface area contributed by atoms with Gasteiger partial charge in [-0.25, -0.2) is 0 Å². The van der Waals surface area contributed by atoms with E-state index >= 15 is 0 Å². The van der Waals surface area contributed by atoms with Gasteiger partial charge in [-0.3, -0.25) is 9.59 Å². The molecule has 2 heteroatoms. The summed E-state index contributed by atoms with van der Waals surface area (Å²) in [6.45, 7) is 13.2. The third-order valence-electron chi connectivity index (χ3n) is 4.50. The van der Waals surface area contributed by atoms with Crippen LogP contribution in [-0.2, 0) is 20.4 Å². The Morgan fingerprint density at radius 1 is 0.773 bits per heavy atom. The first kappa shape index (κ1) is 16.9. The highest BCUT2D eigenvalue weighted by atomic mass is 16.1.